The second-order valence-corrected chi connectivity index (χ2v) is 6.60. The van der Waals surface area contributed by atoms with E-state index < -0.39 is 29.8 Å². The van der Waals surface area contributed by atoms with E-state index in [2.05, 4.69) is 5.32 Å². The fraction of sp³-hybridized carbons (Fsp3) is 0.286. The van der Waals surface area contributed by atoms with Gasteiger partial charge in [0.2, 0.25) is 0 Å². The van der Waals surface area contributed by atoms with Gasteiger partial charge in [0.1, 0.15) is 11.6 Å². The number of ether oxygens (including phenoxy) is 2. The Morgan fingerprint density at radius 2 is 1.75 bits per heavy atom. The lowest BCUT2D eigenvalue weighted by Gasteiger charge is -2.39. The standard InChI is InChI=1S/C21H20FNO5/c1-27-17-6-3-2-5-16(17)19(25)23-18(24)13-28-20(26)21(11-4-12-21)14-7-9-15(22)10-8-14/h2-3,5-10H,4,11-13H2,1H3,(H,23,24,25). The van der Waals surface area contributed by atoms with Crippen LogP contribution in [0.1, 0.15) is 35.2 Å². The summed E-state index contributed by atoms with van der Waals surface area (Å²) in [5.41, 5.74) is 0.00259. The summed E-state index contributed by atoms with van der Waals surface area (Å²) in [6.45, 7) is -0.581. The number of halogens is 1. The molecule has 2 aromatic carbocycles. The maximum Gasteiger partial charge on any atom is 0.317 e. The number of carbonyl (C=O) groups is 3. The number of nitrogens with one attached hydrogen (secondary N) is 1. The first-order valence-corrected chi connectivity index (χ1v) is 8.87. The van der Waals surface area contributed by atoms with Gasteiger partial charge in [-0.1, -0.05) is 30.7 Å². The Morgan fingerprint density at radius 3 is 2.36 bits per heavy atom. The van der Waals surface area contributed by atoms with Crippen LogP contribution in [0.2, 0.25) is 0 Å². The molecular formula is C21H20FNO5. The van der Waals surface area contributed by atoms with Crippen molar-refractivity contribution in [3.05, 3.63) is 65.5 Å². The highest BCUT2D eigenvalue weighted by Crippen LogP contribution is 2.44. The number of hydrogen-bond acceptors (Lipinski definition) is 5. The van der Waals surface area contributed by atoms with Crippen LogP contribution in [0, 0.1) is 5.82 Å². The molecule has 0 aromatic heterocycles. The molecule has 1 N–H and O–H groups in total. The van der Waals surface area contributed by atoms with Gasteiger partial charge in [0.05, 0.1) is 18.1 Å². The minimum atomic E-state index is -0.860. The van der Waals surface area contributed by atoms with Gasteiger partial charge in [0, 0.05) is 0 Å². The molecule has 2 amide bonds. The highest BCUT2D eigenvalue weighted by molar-refractivity contribution is 6.06. The molecule has 6 nitrogen and oxygen atoms in total. The zero-order valence-corrected chi connectivity index (χ0v) is 15.4. The molecular weight excluding hydrogens is 365 g/mol. The molecule has 1 fully saturated rings. The number of rotatable bonds is 6. The van der Waals surface area contributed by atoms with E-state index in [9.17, 15) is 18.8 Å². The average molecular weight is 385 g/mol. The summed E-state index contributed by atoms with van der Waals surface area (Å²) in [7, 11) is 1.42. The number of carbonyl (C=O) groups excluding carboxylic acids is 3. The summed E-state index contributed by atoms with van der Waals surface area (Å²) < 4.78 is 23.4. The van der Waals surface area contributed by atoms with Crippen molar-refractivity contribution in [3.8, 4) is 5.75 Å². The van der Waals surface area contributed by atoms with Crippen LogP contribution in [-0.4, -0.2) is 31.5 Å². The average Bonchev–Trinajstić information content (AvgIpc) is 2.66. The van der Waals surface area contributed by atoms with Crippen LogP contribution < -0.4 is 10.1 Å². The smallest absolute Gasteiger partial charge is 0.317 e. The van der Waals surface area contributed by atoms with E-state index in [1.54, 1.807) is 30.3 Å². The highest BCUT2D eigenvalue weighted by Gasteiger charge is 2.47. The molecule has 1 aliphatic carbocycles. The van der Waals surface area contributed by atoms with Crippen LogP contribution in [-0.2, 0) is 19.7 Å². The number of methoxy groups -OCH3 is 1. The first-order valence-electron chi connectivity index (χ1n) is 8.87. The van der Waals surface area contributed by atoms with E-state index in [1.807, 2.05) is 0 Å². The van der Waals surface area contributed by atoms with Crippen molar-refractivity contribution < 1.29 is 28.2 Å². The second-order valence-electron chi connectivity index (χ2n) is 6.60. The normalized spacial score (nSPS) is 14.5. The van der Waals surface area contributed by atoms with Crippen LogP contribution in [0.3, 0.4) is 0 Å². The molecule has 7 heteroatoms. The summed E-state index contributed by atoms with van der Waals surface area (Å²) in [4.78, 5) is 36.8. The van der Waals surface area contributed by atoms with E-state index in [0.29, 0.717) is 24.2 Å². The summed E-state index contributed by atoms with van der Waals surface area (Å²) in [6, 6.07) is 12.2. The molecule has 0 aliphatic heterocycles. The Hall–Kier alpha value is -3.22. The summed E-state index contributed by atoms with van der Waals surface area (Å²) in [6.07, 6.45) is 1.98. The minimum absolute atomic E-state index is 0.200. The third-order valence-electron chi connectivity index (χ3n) is 4.93. The number of amides is 2. The first-order chi connectivity index (χ1) is 13.5. The van der Waals surface area contributed by atoms with Crippen molar-refractivity contribution in [2.24, 2.45) is 0 Å². The molecule has 0 atom stereocenters. The molecule has 0 radical (unpaired) electrons. The molecule has 1 saturated carbocycles. The molecule has 2 aromatic rings. The predicted octanol–water partition coefficient (Wildman–Crippen LogP) is 2.76. The van der Waals surface area contributed by atoms with Crippen LogP contribution in [0.15, 0.2) is 48.5 Å². The third-order valence-corrected chi connectivity index (χ3v) is 4.93. The van der Waals surface area contributed by atoms with Crippen molar-refractivity contribution in [1.29, 1.82) is 0 Å². The quantitative estimate of drug-likeness (QED) is 0.774. The van der Waals surface area contributed by atoms with Crippen LogP contribution >= 0.6 is 0 Å². The zero-order valence-electron chi connectivity index (χ0n) is 15.4. The molecule has 0 bridgehead atoms. The van der Waals surface area contributed by atoms with Crippen LogP contribution in [0.5, 0.6) is 5.75 Å². The summed E-state index contributed by atoms with van der Waals surface area (Å²) in [5, 5.41) is 2.18. The third kappa shape index (κ3) is 3.88. The fourth-order valence-corrected chi connectivity index (χ4v) is 3.24. The molecule has 0 heterocycles. The monoisotopic (exact) mass is 385 g/mol. The van der Waals surface area contributed by atoms with Gasteiger partial charge in [-0.2, -0.15) is 0 Å². The van der Waals surface area contributed by atoms with Gasteiger partial charge in [0.15, 0.2) is 6.61 Å². The summed E-state index contributed by atoms with van der Waals surface area (Å²) in [5.74, 6) is -1.99. The van der Waals surface area contributed by atoms with Gasteiger partial charge in [-0.05, 0) is 42.7 Å². The number of para-hydroxylation sites is 1. The maximum atomic E-state index is 13.2. The topological polar surface area (TPSA) is 81.7 Å². The van der Waals surface area contributed by atoms with E-state index in [-0.39, 0.29) is 11.4 Å². The van der Waals surface area contributed by atoms with Gasteiger partial charge >= 0.3 is 5.97 Å². The largest absolute Gasteiger partial charge is 0.496 e. The Labute approximate surface area is 161 Å². The van der Waals surface area contributed by atoms with Crippen LogP contribution in [0.25, 0.3) is 0 Å². The van der Waals surface area contributed by atoms with Crippen molar-refractivity contribution in [3.63, 3.8) is 0 Å². The lowest BCUT2D eigenvalue weighted by molar-refractivity contribution is -0.157. The van der Waals surface area contributed by atoms with Gasteiger partial charge in [-0.25, -0.2) is 4.39 Å². The Bertz CT molecular complexity index is 890. The van der Waals surface area contributed by atoms with Crippen molar-refractivity contribution in [2.75, 3.05) is 13.7 Å². The van der Waals surface area contributed by atoms with Crippen molar-refractivity contribution >= 4 is 17.8 Å². The van der Waals surface area contributed by atoms with Crippen molar-refractivity contribution in [1.82, 2.24) is 5.32 Å². The second kappa shape index (κ2) is 8.21. The molecule has 146 valence electrons. The highest BCUT2D eigenvalue weighted by atomic mass is 19.1. The van der Waals surface area contributed by atoms with E-state index in [0.717, 1.165) is 6.42 Å². The molecule has 0 saturated heterocycles. The van der Waals surface area contributed by atoms with E-state index >= 15 is 0 Å². The number of benzene rings is 2. The Morgan fingerprint density at radius 1 is 1.07 bits per heavy atom. The lowest BCUT2D eigenvalue weighted by Crippen LogP contribution is -2.45. The molecule has 0 spiro atoms. The molecule has 1 aliphatic rings. The van der Waals surface area contributed by atoms with E-state index in [1.165, 1.54) is 25.3 Å². The molecule has 0 unspecified atom stereocenters. The Kier molecular flexibility index (Phi) is 5.73. The molecule has 28 heavy (non-hydrogen) atoms. The maximum absolute atomic E-state index is 13.2. The number of hydrogen-bond donors (Lipinski definition) is 1. The van der Waals surface area contributed by atoms with Gasteiger partial charge in [-0.3, -0.25) is 19.7 Å². The number of imide groups is 1. The van der Waals surface area contributed by atoms with Gasteiger partial charge in [-0.15, -0.1) is 0 Å². The zero-order chi connectivity index (χ0) is 20.1. The summed E-state index contributed by atoms with van der Waals surface area (Å²) >= 11 is 0. The van der Waals surface area contributed by atoms with Gasteiger partial charge in [0.25, 0.3) is 11.8 Å². The van der Waals surface area contributed by atoms with Gasteiger partial charge < -0.3 is 9.47 Å². The SMILES string of the molecule is COc1ccccc1C(=O)NC(=O)COC(=O)C1(c2ccc(F)cc2)CCC1. The predicted molar refractivity (Wildman–Crippen MR) is 98.4 cm³/mol. The molecule has 3 rings (SSSR count). The first kappa shape index (κ1) is 19.5. The lowest BCUT2D eigenvalue weighted by atomic mass is 9.64. The van der Waals surface area contributed by atoms with E-state index in [4.69, 9.17) is 9.47 Å². The van der Waals surface area contributed by atoms with Crippen LogP contribution in [0.4, 0.5) is 4.39 Å². The minimum Gasteiger partial charge on any atom is -0.496 e. The Balaban J connectivity index is 1.60. The fourth-order valence-electron chi connectivity index (χ4n) is 3.24. The number of esters is 1. The van der Waals surface area contributed by atoms with Crippen molar-refractivity contribution in [2.45, 2.75) is 24.7 Å².